The number of hydrogen-bond donors (Lipinski definition) is 0. The third-order valence-electron chi connectivity index (χ3n) is 3.65. The molecule has 0 N–H and O–H groups in total. The minimum atomic E-state index is -0.340. The second-order valence-corrected chi connectivity index (χ2v) is 5.81. The first-order valence-electron chi connectivity index (χ1n) is 7.55. The SMILES string of the molecule is CC(=O)O[C@H]1CO[C@H](C(C)C)C(C#Cc2ccccc2)=C1C. The van der Waals surface area contributed by atoms with Gasteiger partial charge in [-0.05, 0) is 30.5 Å². The summed E-state index contributed by atoms with van der Waals surface area (Å²) in [6.45, 7) is 7.99. The van der Waals surface area contributed by atoms with E-state index < -0.39 is 0 Å². The number of benzene rings is 1. The van der Waals surface area contributed by atoms with E-state index in [-0.39, 0.29) is 18.2 Å². The largest absolute Gasteiger partial charge is 0.456 e. The molecule has 3 nitrogen and oxygen atoms in total. The molecule has 0 bridgehead atoms. The third-order valence-corrected chi connectivity index (χ3v) is 3.65. The molecule has 1 aliphatic rings. The van der Waals surface area contributed by atoms with Gasteiger partial charge < -0.3 is 9.47 Å². The van der Waals surface area contributed by atoms with Crippen LogP contribution >= 0.6 is 0 Å². The summed E-state index contributed by atoms with van der Waals surface area (Å²) in [7, 11) is 0. The Hall–Kier alpha value is -2.05. The molecule has 0 amide bonds. The molecule has 1 aliphatic heterocycles. The van der Waals surface area contributed by atoms with Crippen LogP contribution in [0.25, 0.3) is 0 Å². The van der Waals surface area contributed by atoms with E-state index in [4.69, 9.17) is 9.47 Å². The van der Waals surface area contributed by atoms with Crippen molar-refractivity contribution in [2.45, 2.75) is 39.9 Å². The van der Waals surface area contributed by atoms with Crippen LogP contribution in [0.4, 0.5) is 0 Å². The molecular formula is C19H22O3. The summed E-state index contributed by atoms with van der Waals surface area (Å²) in [6, 6.07) is 9.84. The van der Waals surface area contributed by atoms with Crippen LogP contribution in [0, 0.1) is 17.8 Å². The van der Waals surface area contributed by atoms with Gasteiger partial charge in [0.2, 0.25) is 0 Å². The van der Waals surface area contributed by atoms with Crippen molar-refractivity contribution in [1.82, 2.24) is 0 Å². The Labute approximate surface area is 132 Å². The molecule has 3 heteroatoms. The molecule has 1 aromatic carbocycles. The van der Waals surface area contributed by atoms with Crippen molar-refractivity contribution >= 4 is 5.97 Å². The lowest BCUT2D eigenvalue weighted by Gasteiger charge is -2.32. The number of carbonyl (C=O) groups is 1. The highest BCUT2D eigenvalue weighted by molar-refractivity contribution is 5.66. The smallest absolute Gasteiger partial charge is 0.303 e. The topological polar surface area (TPSA) is 35.5 Å². The molecule has 1 heterocycles. The second kappa shape index (κ2) is 7.29. The van der Waals surface area contributed by atoms with Crippen LogP contribution < -0.4 is 0 Å². The van der Waals surface area contributed by atoms with E-state index in [1.807, 2.05) is 37.3 Å². The zero-order valence-electron chi connectivity index (χ0n) is 13.6. The van der Waals surface area contributed by atoms with Gasteiger partial charge in [0.1, 0.15) is 6.10 Å². The molecule has 1 aromatic rings. The fourth-order valence-corrected chi connectivity index (χ4v) is 2.48. The van der Waals surface area contributed by atoms with E-state index in [0.717, 1.165) is 16.7 Å². The van der Waals surface area contributed by atoms with E-state index in [1.165, 1.54) is 6.92 Å². The highest BCUT2D eigenvalue weighted by Crippen LogP contribution is 2.27. The quantitative estimate of drug-likeness (QED) is 0.620. The molecule has 0 aromatic heterocycles. The van der Waals surface area contributed by atoms with Crippen molar-refractivity contribution in [2.75, 3.05) is 6.61 Å². The summed E-state index contributed by atoms with van der Waals surface area (Å²) in [6.07, 6.45) is -0.393. The van der Waals surface area contributed by atoms with Crippen LogP contribution in [0.15, 0.2) is 41.5 Å². The monoisotopic (exact) mass is 298 g/mol. The average Bonchev–Trinajstić information content (AvgIpc) is 2.48. The lowest BCUT2D eigenvalue weighted by Crippen LogP contribution is -2.37. The lowest BCUT2D eigenvalue weighted by atomic mass is 9.90. The zero-order chi connectivity index (χ0) is 16.1. The number of rotatable bonds is 2. The molecule has 0 saturated heterocycles. The highest BCUT2D eigenvalue weighted by atomic mass is 16.6. The van der Waals surface area contributed by atoms with Crippen LogP contribution in [-0.2, 0) is 14.3 Å². The van der Waals surface area contributed by atoms with Crippen molar-refractivity contribution in [3.8, 4) is 11.8 Å². The first-order valence-corrected chi connectivity index (χ1v) is 7.55. The number of carbonyl (C=O) groups excluding carboxylic acids is 1. The lowest BCUT2D eigenvalue weighted by molar-refractivity contribution is -0.149. The number of esters is 1. The minimum Gasteiger partial charge on any atom is -0.456 e. The molecule has 2 atom stereocenters. The van der Waals surface area contributed by atoms with Crippen LogP contribution in [-0.4, -0.2) is 24.8 Å². The van der Waals surface area contributed by atoms with E-state index in [2.05, 4.69) is 25.7 Å². The van der Waals surface area contributed by atoms with Crippen molar-refractivity contribution < 1.29 is 14.3 Å². The fraction of sp³-hybridized carbons (Fsp3) is 0.421. The Kier molecular flexibility index (Phi) is 5.41. The fourth-order valence-electron chi connectivity index (χ4n) is 2.48. The summed E-state index contributed by atoms with van der Waals surface area (Å²) in [5.74, 6) is 6.42. The van der Waals surface area contributed by atoms with Gasteiger partial charge in [-0.3, -0.25) is 4.79 Å². The Morgan fingerprint density at radius 1 is 1.27 bits per heavy atom. The molecule has 0 fully saturated rings. The van der Waals surface area contributed by atoms with Crippen LogP contribution in [0.3, 0.4) is 0 Å². The van der Waals surface area contributed by atoms with E-state index in [0.29, 0.717) is 12.5 Å². The Balaban J connectivity index is 2.35. The van der Waals surface area contributed by atoms with Gasteiger partial charge in [0, 0.05) is 18.1 Å². The van der Waals surface area contributed by atoms with E-state index in [1.54, 1.807) is 0 Å². The zero-order valence-corrected chi connectivity index (χ0v) is 13.6. The molecule has 0 radical (unpaired) electrons. The van der Waals surface area contributed by atoms with Gasteiger partial charge >= 0.3 is 5.97 Å². The summed E-state index contributed by atoms with van der Waals surface area (Å²) in [5.41, 5.74) is 2.87. The predicted molar refractivity (Wildman–Crippen MR) is 86.2 cm³/mol. The first-order chi connectivity index (χ1) is 10.5. The molecule has 0 unspecified atom stereocenters. The number of hydrogen-bond acceptors (Lipinski definition) is 3. The Bertz CT molecular complexity index is 617. The average molecular weight is 298 g/mol. The molecule has 116 valence electrons. The summed E-state index contributed by atoms with van der Waals surface area (Å²) in [4.78, 5) is 11.2. The first kappa shape index (κ1) is 16.3. The van der Waals surface area contributed by atoms with E-state index >= 15 is 0 Å². The summed E-state index contributed by atoms with van der Waals surface area (Å²) < 4.78 is 11.2. The van der Waals surface area contributed by atoms with Gasteiger partial charge in [-0.15, -0.1) is 0 Å². The maximum Gasteiger partial charge on any atom is 0.303 e. The van der Waals surface area contributed by atoms with Crippen LogP contribution in [0.2, 0.25) is 0 Å². The van der Waals surface area contributed by atoms with Gasteiger partial charge in [-0.1, -0.05) is 43.9 Å². The van der Waals surface area contributed by atoms with Gasteiger partial charge in [0.25, 0.3) is 0 Å². The van der Waals surface area contributed by atoms with Crippen molar-refractivity contribution in [1.29, 1.82) is 0 Å². The molecule has 0 aliphatic carbocycles. The van der Waals surface area contributed by atoms with Gasteiger partial charge in [0.15, 0.2) is 0 Å². The molecular weight excluding hydrogens is 276 g/mol. The Morgan fingerprint density at radius 3 is 2.55 bits per heavy atom. The minimum absolute atomic E-state index is 0.0528. The third kappa shape index (κ3) is 3.99. The number of ether oxygens (including phenoxy) is 2. The standard InChI is InChI=1S/C19H22O3/c1-13(2)19-17(11-10-16-8-6-5-7-9-16)14(3)18(12-21-19)22-15(4)20/h5-9,13,18-19H,12H2,1-4H3/t18-,19+/m0/s1. The van der Waals surface area contributed by atoms with Crippen molar-refractivity contribution in [3.63, 3.8) is 0 Å². The van der Waals surface area contributed by atoms with Crippen molar-refractivity contribution in [3.05, 3.63) is 47.0 Å². The van der Waals surface area contributed by atoms with Crippen molar-refractivity contribution in [2.24, 2.45) is 5.92 Å². The van der Waals surface area contributed by atoms with Gasteiger partial charge in [-0.2, -0.15) is 0 Å². The van der Waals surface area contributed by atoms with E-state index in [9.17, 15) is 4.79 Å². The predicted octanol–water partition coefficient (Wildman–Crippen LogP) is 3.34. The summed E-state index contributed by atoms with van der Waals surface area (Å²) >= 11 is 0. The Morgan fingerprint density at radius 2 is 1.95 bits per heavy atom. The molecule has 0 spiro atoms. The molecule has 2 rings (SSSR count). The molecule has 0 saturated carbocycles. The van der Waals surface area contributed by atoms with Crippen LogP contribution in [0.5, 0.6) is 0 Å². The normalized spacial score (nSPS) is 21.3. The van der Waals surface area contributed by atoms with Gasteiger partial charge in [0.05, 0.1) is 12.7 Å². The van der Waals surface area contributed by atoms with Gasteiger partial charge in [-0.25, -0.2) is 0 Å². The highest BCUT2D eigenvalue weighted by Gasteiger charge is 2.31. The summed E-state index contributed by atoms with van der Waals surface area (Å²) in [5, 5.41) is 0. The molecule has 22 heavy (non-hydrogen) atoms. The second-order valence-electron chi connectivity index (χ2n) is 5.81. The van der Waals surface area contributed by atoms with Crippen LogP contribution in [0.1, 0.15) is 33.3 Å². The maximum absolute atomic E-state index is 11.2. The maximum atomic E-state index is 11.2.